The maximum atomic E-state index is 12.9. The predicted molar refractivity (Wildman–Crippen MR) is 132 cm³/mol. The van der Waals surface area contributed by atoms with Crippen molar-refractivity contribution in [2.75, 3.05) is 16.8 Å². The van der Waals surface area contributed by atoms with Crippen LogP contribution < -0.4 is 10.2 Å². The zero-order valence-electron chi connectivity index (χ0n) is 18.0. The van der Waals surface area contributed by atoms with Crippen LogP contribution in [0.4, 0.5) is 11.4 Å². The number of carbonyl (C=O) groups excluding carboxylic acids is 2. The van der Waals surface area contributed by atoms with Crippen LogP contribution in [0.25, 0.3) is 0 Å². The topological polar surface area (TPSA) is 62.3 Å². The van der Waals surface area contributed by atoms with Crippen LogP contribution in [0.3, 0.4) is 0 Å². The van der Waals surface area contributed by atoms with Crippen molar-refractivity contribution in [3.05, 3.63) is 112 Å². The molecule has 4 aromatic rings. The Hall–Kier alpha value is -3.77. The molecule has 0 atom stereocenters. The Labute approximate surface area is 196 Å². The van der Waals surface area contributed by atoms with Gasteiger partial charge in [-0.05, 0) is 47.9 Å². The summed E-state index contributed by atoms with van der Waals surface area (Å²) in [7, 11) is 0. The van der Waals surface area contributed by atoms with Crippen LogP contribution in [0, 0.1) is 0 Å². The van der Waals surface area contributed by atoms with Gasteiger partial charge in [-0.15, -0.1) is 11.3 Å². The quantitative estimate of drug-likeness (QED) is 0.441. The number of benzene rings is 3. The molecule has 3 aromatic carbocycles. The summed E-state index contributed by atoms with van der Waals surface area (Å²) in [5, 5.41) is 5.84. The largest absolute Gasteiger partial charge is 0.326 e. The van der Waals surface area contributed by atoms with Crippen LogP contribution in [-0.4, -0.2) is 23.3 Å². The van der Waals surface area contributed by atoms with Gasteiger partial charge in [0.1, 0.15) is 0 Å². The first kappa shape index (κ1) is 21.1. The summed E-state index contributed by atoms with van der Waals surface area (Å²) in [6, 6.07) is 25.2. The number of aromatic nitrogens is 1. The van der Waals surface area contributed by atoms with Crippen molar-refractivity contribution in [3.8, 4) is 0 Å². The molecule has 1 aliphatic rings. The fraction of sp³-hybridized carbons (Fsp3) is 0.148. The number of carbonyl (C=O) groups is 2. The van der Waals surface area contributed by atoms with E-state index in [1.807, 2.05) is 46.7 Å². The maximum absolute atomic E-state index is 12.9. The Balaban J connectivity index is 1.18. The van der Waals surface area contributed by atoms with Crippen LogP contribution in [0.5, 0.6) is 0 Å². The van der Waals surface area contributed by atoms with E-state index in [2.05, 4.69) is 28.5 Å². The highest BCUT2D eigenvalue weighted by Crippen LogP contribution is 2.29. The van der Waals surface area contributed by atoms with Gasteiger partial charge >= 0.3 is 0 Å². The summed E-state index contributed by atoms with van der Waals surface area (Å²) in [4.78, 5) is 31.9. The van der Waals surface area contributed by atoms with E-state index in [1.54, 1.807) is 35.6 Å². The number of anilines is 2. The van der Waals surface area contributed by atoms with Crippen LogP contribution in [0.2, 0.25) is 0 Å². The smallest absolute Gasteiger partial charge is 0.258 e. The van der Waals surface area contributed by atoms with E-state index >= 15 is 0 Å². The highest BCUT2D eigenvalue weighted by atomic mass is 32.1. The average molecular weight is 454 g/mol. The van der Waals surface area contributed by atoms with E-state index in [0.29, 0.717) is 17.8 Å². The van der Waals surface area contributed by atoms with Crippen molar-refractivity contribution in [1.82, 2.24) is 4.98 Å². The maximum Gasteiger partial charge on any atom is 0.258 e. The van der Waals surface area contributed by atoms with E-state index in [9.17, 15) is 9.59 Å². The standard InChI is InChI=1S/C27H23N3O2S/c31-25(17-23-18-33-26(29-23)16-19-6-2-1-3-7-19)28-22-12-10-21(11-13-22)27(32)30-15-14-20-8-4-5-9-24(20)30/h1-13,18H,14-17H2,(H,28,31). The minimum Gasteiger partial charge on any atom is -0.326 e. The molecule has 164 valence electrons. The normalized spacial score (nSPS) is 12.4. The Morgan fingerprint density at radius 3 is 2.52 bits per heavy atom. The van der Waals surface area contributed by atoms with Gasteiger partial charge in [0.2, 0.25) is 5.91 Å². The Morgan fingerprint density at radius 2 is 1.70 bits per heavy atom. The molecule has 2 amide bonds. The van der Waals surface area contributed by atoms with Gasteiger partial charge < -0.3 is 10.2 Å². The van der Waals surface area contributed by atoms with E-state index in [4.69, 9.17) is 0 Å². The van der Waals surface area contributed by atoms with Gasteiger partial charge in [0, 0.05) is 35.3 Å². The predicted octanol–water partition coefficient (Wildman–Crippen LogP) is 5.12. The lowest BCUT2D eigenvalue weighted by atomic mass is 10.1. The third kappa shape index (κ3) is 4.86. The third-order valence-electron chi connectivity index (χ3n) is 5.69. The number of amides is 2. The molecule has 2 heterocycles. The second-order valence-corrected chi connectivity index (χ2v) is 8.98. The van der Waals surface area contributed by atoms with Crippen molar-refractivity contribution < 1.29 is 9.59 Å². The van der Waals surface area contributed by atoms with Crippen molar-refractivity contribution in [1.29, 1.82) is 0 Å². The van der Waals surface area contributed by atoms with Gasteiger partial charge in [0.25, 0.3) is 5.91 Å². The van der Waals surface area contributed by atoms with Crippen molar-refractivity contribution in [2.24, 2.45) is 0 Å². The Morgan fingerprint density at radius 1 is 0.939 bits per heavy atom. The lowest BCUT2D eigenvalue weighted by Crippen LogP contribution is -2.28. The van der Waals surface area contributed by atoms with Gasteiger partial charge in [-0.2, -0.15) is 0 Å². The molecule has 5 nitrogen and oxygen atoms in total. The van der Waals surface area contributed by atoms with Gasteiger partial charge in [0.15, 0.2) is 0 Å². The molecule has 0 fully saturated rings. The molecule has 6 heteroatoms. The minimum atomic E-state index is -0.126. The van der Waals surface area contributed by atoms with Gasteiger partial charge in [-0.25, -0.2) is 4.98 Å². The first-order valence-corrected chi connectivity index (χ1v) is 11.8. The van der Waals surface area contributed by atoms with E-state index < -0.39 is 0 Å². The molecule has 0 radical (unpaired) electrons. The SMILES string of the molecule is O=C(Cc1csc(Cc2ccccc2)n1)Nc1ccc(C(=O)N2CCc3ccccc32)cc1. The zero-order chi connectivity index (χ0) is 22.6. The lowest BCUT2D eigenvalue weighted by Gasteiger charge is -2.17. The number of hydrogen-bond acceptors (Lipinski definition) is 4. The molecule has 0 bridgehead atoms. The highest BCUT2D eigenvalue weighted by Gasteiger charge is 2.25. The summed E-state index contributed by atoms with van der Waals surface area (Å²) < 4.78 is 0. The van der Waals surface area contributed by atoms with Crippen molar-refractivity contribution >= 4 is 34.5 Å². The number of nitrogens with one attached hydrogen (secondary N) is 1. The molecule has 0 unspecified atom stereocenters. The molecular formula is C27H23N3O2S. The number of fused-ring (bicyclic) bond motifs is 1. The summed E-state index contributed by atoms with van der Waals surface area (Å²) in [5.41, 5.74) is 5.42. The molecule has 5 rings (SSSR count). The number of para-hydroxylation sites is 1. The van der Waals surface area contributed by atoms with Crippen molar-refractivity contribution in [3.63, 3.8) is 0 Å². The van der Waals surface area contributed by atoms with Gasteiger partial charge in [-0.3, -0.25) is 9.59 Å². The molecule has 1 N–H and O–H groups in total. The summed E-state index contributed by atoms with van der Waals surface area (Å²) >= 11 is 1.57. The Bertz CT molecular complexity index is 1280. The van der Waals surface area contributed by atoms with Crippen LogP contribution in [0.1, 0.15) is 32.2 Å². The Kier molecular flexibility index (Phi) is 6.00. The minimum absolute atomic E-state index is 0.0220. The number of rotatable bonds is 6. The molecule has 0 saturated carbocycles. The van der Waals surface area contributed by atoms with E-state index in [0.717, 1.165) is 29.2 Å². The first-order chi connectivity index (χ1) is 16.2. The molecule has 33 heavy (non-hydrogen) atoms. The molecule has 0 aliphatic carbocycles. The molecular weight excluding hydrogens is 430 g/mol. The van der Waals surface area contributed by atoms with Crippen LogP contribution in [0.15, 0.2) is 84.2 Å². The number of nitrogens with zero attached hydrogens (tertiary/aromatic N) is 2. The average Bonchev–Trinajstić information content (AvgIpc) is 3.46. The van der Waals surface area contributed by atoms with E-state index in [-0.39, 0.29) is 18.2 Å². The fourth-order valence-electron chi connectivity index (χ4n) is 4.05. The van der Waals surface area contributed by atoms with Crippen LogP contribution in [-0.2, 0) is 24.1 Å². The monoisotopic (exact) mass is 453 g/mol. The molecule has 0 spiro atoms. The van der Waals surface area contributed by atoms with Gasteiger partial charge in [0.05, 0.1) is 17.1 Å². The molecule has 1 aliphatic heterocycles. The molecule has 0 saturated heterocycles. The lowest BCUT2D eigenvalue weighted by molar-refractivity contribution is -0.115. The fourth-order valence-corrected chi connectivity index (χ4v) is 4.88. The molecule has 1 aromatic heterocycles. The zero-order valence-corrected chi connectivity index (χ0v) is 18.8. The van der Waals surface area contributed by atoms with Gasteiger partial charge in [-0.1, -0.05) is 48.5 Å². The van der Waals surface area contributed by atoms with Crippen LogP contribution >= 0.6 is 11.3 Å². The summed E-state index contributed by atoms with van der Waals surface area (Å²) in [5.74, 6) is -0.148. The summed E-state index contributed by atoms with van der Waals surface area (Å²) in [6.07, 6.45) is 1.86. The summed E-state index contributed by atoms with van der Waals surface area (Å²) in [6.45, 7) is 0.691. The third-order valence-corrected chi connectivity index (χ3v) is 6.58. The number of thiazole rings is 1. The number of hydrogen-bond donors (Lipinski definition) is 1. The second-order valence-electron chi connectivity index (χ2n) is 8.03. The second kappa shape index (κ2) is 9.38. The van der Waals surface area contributed by atoms with E-state index in [1.165, 1.54) is 11.1 Å². The highest BCUT2D eigenvalue weighted by molar-refractivity contribution is 7.09. The van der Waals surface area contributed by atoms with Crippen molar-refractivity contribution in [2.45, 2.75) is 19.3 Å². The first-order valence-electron chi connectivity index (χ1n) is 10.9.